The van der Waals surface area contributed by atoms with E-state index in [4.69, 9.17) is 9.72 Å². The van der Waals surface area contributed by atoms with E-state index in [0.29, 0.717) is 32.7 Å². The number of fused-ring (bicyclic) bond motifs is 4. The molecule has 0 saturated heterocycles. The van der Waals surface area contributed by atoms with Gasteiger partial charge < -0.3 is 15.0 Å². The molecular weight excluding hydrogens is 342 g/mol. The Morgan fingerprint density at radius 2 is 2.22 bits per heavy atom. The van der Waals surface area contributed by atoms with Crippen LogP contribution < -0.4 is 10.1 Å². The van der Waals surface area contributed by atoms with Crippen molar-refractivity contribution in [2.75, 3.05) is 31.6 Å². The summed E-state index contributed by atoms with van der Waals surface area (Å²) in [5.74, 6) is 1.71. The van der Waals surface area contributed by atoms with Crippen molar-refractivity contribution in [3.8, 4) is 16.9 Å². The van der Waals surface area contributed by atoms with Gasteiger partial charge in [0.2, 0.25) is 5.91 Å². The maximum Gasteiger partial charge on any atom is 0.222 e. The van der Waals surface area contributed by atoms with Gasteiger partial charge in [-0.3, -0.25) is 4.79 Å². The van der Waals surface area contributed by atoms with E-state index in [1.165, 1.54) is 0 Å². The highest BCUT2D eigenvalue weighted by atomic mass is 16.5. The molecule has 0 atom stereocenters. The molecule has 0 radical (unpaired) electrons. The molecule has 4 rings (SSSR count). The lowest BCUT2D eigenvalue weighted by atomic mass is 10.1. The van der Waals surface area contributed by atoms with Crippen LogP contribution in [0.25, 0.3) is 16.8 Å². The first kappa shape index (κ1) is 17.3. The molecular formula is C20H23N5O2. The predicted octanol–water partition coefficient (Wildman–Crippen LogP) is 2.83. The molecule has 27 heavy (non-hydrogen) atoms. The molecule has 7 nitrogen and oxygen atoms in total. The van der Waals surface area contributed by atoms with E-state index in [2.05, 4.69) is 10.4 Å². The second-order valence-corrected chi connectivity index (χ2v) is 6.57. The molecule has 1 aliphatic rings. The summed E-state index contributed by atoms with van der Waals surface area (Å²) in [6.07, 6.45) is 5.11. The minimum Gasteiger partial charge on any atom is -0.492 e. The number of benzene rings is 1. The van der Waals surface area contributed by atoms with E-state index in [1.807, 2.05) is 54.5 Å². The van der Waals surface area contributed by atoms with E-state index < -0.39 is 0 Å². The minimum atomic E-state index is 0.158. The summed E-state index contributed by atoms with van der Waals surface area (Å²) >= 11 is 0. The molecule has 3 aromatic rings. The van der Waals surface area contributed by atoms with Crippen LogP contribution >= 0.6 is 0 Å². The molecule has 140 valence electrons. The lowest BCUT2D eigenvalue weighted by molar-refractivity contribution is -0.131. The summed E-state index contributed by atoms with van der Waals surface area (Å²) in [5.41, 5.74) is 2.75. The predicted molar refractivity (Wildman–Crippen MR) is 104 cm³/mol. The third-order valence-electron chi connectivity index (χ3n) is 4.65. The summed E-state index contributed by atoms with van der Waals surface area (Å²) < 4.78 is 7.68. The lowest BCUT2D eigenvalue weighted by Crippen LogP contribution is -2.37. The Kier molecular flexibility index (Phi) is 4.91. The third kappa shape index (κ3) is 3.72. The Hall–Kier alpha value is -3.09. The second-order valence-electron chi connectivity index (χ2n) is 6.57. The van der Waals surface area contributed by atoms with Gasteiger partial charge in [0.05, 0.1) is 12.7 Å². The smallest absolute Gasteiger partial charge is 0.222 e. The Balaban J connectivity index is 1.69. The topological polar surface area (TPSA) is 71.8 Å². The lowest BCUT2D eigenvalue weighted by Gasteiger charge is -2.23. The minimum absolute atomic E-state index is 0.158. The first-order chi connectivity index (χ1) is 13.2. The molecule has 2 aromatic heterocycles. The summed E-state index contributed by atoms with van der Waals surface area (Å²) in [7, 11) is 0. The van der Waals surface area contributed by atoms with Crippen LogP contribution in [0.5, 0.6) is 5.75 Å². The Labute approximate surface area is 158 Å². The fraction of sp³-hybridized carbons (Fsp3) is 0.350. The van der Waals surface area contributed by atoms with Gasteiger partial charge in [-0.2, -0.15) is 5.10 Å². The molecule has 0 saturated carbocycles. The van der Waals surface area contributed by atoms with Crippen molar-refractivity contribution in [3.05, 3.63) is 42.7 Å². The number of rotatable bonds is 2. The van der Waals surface area contributed by atoms with Crippen molar-refractivity contribution in [2.45, 2.75) is 19.8 Å². The molecule has 1 N–H and O–H groups in total. The van der Waals surface area contributed by atoms with E-state index in [-0.39, 0.29) is 5.91 Å². The molecule has 1 amide bonds. The van der Waals surface area contributed by atoms with Crippen molar-refractivity contribution in [3.63, 3.8) is 0 Å². The number of hydrogen-bond donors (Lipinski definition) is 1. The van der Waals surface area contributed by atoms with Crippen LogP contribution in [0.1, 0.15) is 19.8 Å². The zero-order valence-corrected chi connectivity index (χ0v) is 15.4. The van der Waals surface area contributed by atoms with Crippen molar-refractivity contribution >= 4 is 17.4 Å². The van der Waals surface area contributed by atoms with E-state index >= 15 is 0 Å². The summed E-state index contributed by atoms with van der Waals surface area (Å²) in [6.45, 7) is 4.29. The zero-order chi connectivity index (χ0) is 18.6. The molecule has 7 heteroatoms. The largest absolute Gasteiger partial charge is 0.492 e. The standard InChI is InChI=1S/C20H23N5O2/c1-2-4-19(26)24-10-8-21-18-7-9-25-20(23-18)17(14-22-25)15-5-3-6-16(13-15)27-12-11-24/h3,5-7,9,13-14H,2,4,8,10-12H2,1H3,(H,21,23). The Morgan fingerprint density at radius 1 is 1.30 bits per heavy atom. The highest BCUT2D eigenvalue weighted by Gasteiger charge is 2.14. The van der Waals surface area contributed by atoms with Gasteiger partial charge in [-0.1, -0.05) is 19.1 Å². The normalized spacial score (nSPS) is 14.5. The number of hydrogen-bond acceptors (Lipinski definition) is 5. The second kappa shape index (κ2) is 7.65. The van der Waals surface area contributed by atoms with Crippen LogP contribution in [-0.2, 0) is 4.79 Å². The van der Waals surface area contributed by atoms with Crippen LogP contribution in [0.2, 0.25) is 0 Å². The maximum absolute atomic E-state index is 12.4. The van der Waals surface area contributed by atoms with E-state index in [0.717, 1.165) is 34.8 Å². The SMILES string of the molecule is CCCC(=O)N1CCNc2ccn3ncc(c3n2)-c2cccc(c2)OCC1. The van der Waals surface area contributed by atoms with Crippen LogP contribution in [0, 0.1) is 0 Å². The van der Waals surface area contributed by atoms with Crippen molar-refractivity contribution in [2.24, 2.45) is 0 Å². The van der Waals surface area contributed by atoms with Crippen molar-refractivity contribution in [1.82, 2.24) is 19.5 Å². The van der Waals surface area contributed by atoms with Crippen molar-refractivity contribution in [1.29, 1.82) is 0 Å². The highest BCUT2D eigenvalue weighted by Crippen LogP contribution is 2.27. The number of ether oxygens (including phenoxy) is 1. The van der Waals surface area contributed by atoms with Crippen LogP contribution in [-0.4, -0.2) is 51.6 Å². The van der Waals surface area contributed by atoms with Gasteiger partial charge in [0.25, 0.3) is 0 Å². The highest BCUT2D eigenvalue weighted by molar-refractivity contribution is 5.78. The molecule has 3 heterocycles. The zero-order valence-electron chi connectivity index (χ0n) is 15.4. The van der Waals surface area contributed by atoms with Gasteiger partial charge in [-0.05, 0) is 30.2 Å². The number of nitrogens with zero attached hydrogens (tertiary/aromatic N) is 4. The fourth-order valence-electron chi connectivity index (χ4n) is 3.25. The Bertz CT molecular complexity index is 952. The quantitative estimate of drug-likeness (QED) is 0.756. The van der Waals surface area contributed by atoms with Gasteiger partial charge in [0.1, 0.15) is 18.2 Å². The van der Waals surface area contributed by atoms with Gasteiger partial charge in [0.15, 0.2) is 5.65 Å². The van der Waals surface area contributed by atoms with Gasteiger partial charge >= 0.3 is 0 Å². The molecule has 4 bridgehead atoms. The summed E-state index contributed by atoms with van der Waals surface area (Å²) in [4.78, 5) is 19.0. The maximum atomic E-state index is 12.4. The number of anilines is 1. The van der Waals surface area contributed by atoms with Gasteiger partial charge in [0, 0.05) is 31.3 Å². The van der Waals surface area contributed by atoms with Crippen LogP contribution in [0.15, 0.2) is 42.7 Å². The number of amides is 1. The number of carbonyl (C=O) groups excluding carboxylic acids is 1. The third-order valence-corrected chi connectivity index (χ3v) is 4.65. The van der Waals surface area contributed by atoms with Crippen LogP contribution in [0.3, 0.4) is 0 Å². The van der Waals surface area contributed by atoms with Crippen molar-refractivity contribution < 1.29 is 9.53 Å². The van der Waals surface area contributed by atoms with Gasteiger partial charge in [-0.15, -0.1) is 0 Å². The number of nitrogens with one attached hydrogen (secondary N) is 1. The fourth-order valence-corrected chi connectivity index (χ4v) is 3.25. The molecule has 0 spiro atoms. The average Bonchev–Trinajstić information content (AvgIpc) is 3.10. The molecule has 1 aromatic carbocycles. The van der Waals surface area contributed by atoms with Crippen LogP contribution in [0.4, 0.5) is 5.82 Å². The molecule has 1 aliphatic heterocycles. The first-order valence-electron chi connectivity index (χ1n) is 9.34. The Morgan fingerprint density at radius 3 is 3.11 bits per heavy atom. The molecule has 0 unspecified atom stereocenters. The van der Waals surface area contributed by atoms with E-state index in [9.17, 15) is 4.79 Å². The number of aromatic nitrogens is 3. The molecule has 0 fully saturated rings. The average molecular weight is 365 g/mol. The molecule has 0 aliphatic carbocycles. The van der Waals surface area contributed by atoms with E-state index in [1.54, 1.807) is 4.52 Å². The summed E-state index contributed by atoms with van der Waals surface area (Å²) in [6, 6.07) is 9.80. The summed E-state index contributed by atoms with van der Waals surface area (Å²) in [5, 5.41) is 7.71. The van der Waals surface area contributed by atoms with Gasteiger partial charge in [-0.25, -0.2) is 9.50 Å². The monoisotopic (exact) mass is 365 g/mol. The first-order valence-corrected chi connectivity index (χ1v) is 9.34. The number of carbonyl (C=O) groups is 1.